The minimum atomic E-state index is -0.482. The van der Waals surface area contributed by atoms with Crippen molar-refractivity contribution in [3.8, 4) is 0 Å². The van der Waals surface area contributed by atoms with E-state index >= 15 is 0 Å². The smallest absolute Gasteiger partial charge is 0.201 e. The molecule has 0 radical (unpaired) electrons. The van der Waals surface area contributed by atoms with Gasteiger partial charge in [-0.3, -0.25) is 0 Å². The van der Waals surface area contributed by atoms with Crippen molar-refractivity contribution in [2.75, 3.05) is 5.73 Å². The first-order chi connectivity index (χ1) is 8.65. The summed E-state index contributed by atoms with van der Waals surface area (Å²) in [6.45, 7) is 0.473. The predicted octanol–water partition coefficient (Wildman–Crippen LogP) is 2.92. The fourth-order valence-corrected chi connectivity index (χ4v) is 2.53. The largest absolute Gasteiger partial charge is 0.369 e. The van der Waals surface area contributed by atoms with Gasteiger partial charge in [0.25, 0.3) is 0 Å². The number of thiazole rings is 1. The van der Waals surface area contributed by atoms with E-state index < -0.39 is 5.82 Å². The molecule has 2 aromatic heterocycles. The number of anilines is 1. The molecule has 0 spiro atoms. The fraction of sp³-hybridized carbons (Fsp3) is 0.0909. The molecule has 92 valence electrons. The highest BCUT2D eigenvalue weighted by Gasteiger charge is 2.12. The van der Waals surface area contributed by atoms with Gasteiger partial charge in [0.2, 0.25) is 5.95 Å². The van der Waals surface area contributed by atoms with Gasteiger partial charge >= 0.3 is 0 Å². The van der Waals surface area contributed by atoms with Gasteiger partial charge in [-0.2, -0.15) is 0 Å². The van der Waals surface area contributed by atoms with Crippen molar-refractivity contribution in [3.63, 3.8) is 0 Å². The first kappa shape index (κ1) is 11.4. The summed E-state index contributed by atoms with van der Waals surface area (Å²) in [5, 5.41) is 2.81. The molecule has 3 aromatic rings. The monoisotopic (exact) mass is 282 g/mol. The number of imidazole rings is 1. The number of nitrogen functional groups attached to an aromatic ring is 1. The van der Waals surface area contributed by atoms with Gasteiger partial charge in [-0.05, 0) is 6.07 Å². The predicted molar refractivity (Wildman–Crippen MR) is 70.3 cm³/mol. The summed E-state index contributed by atoms with van der Waals surface area (Å²) < 4.78 is 15.2. The van der Waals surface area contributed by atoms with Crippen LogP contribution in [0.15, 0.2) is 23.7 Å². The van der Waals surface area contributed by atoms with Gasteiger partial charge in [0.15, 0.2) is 0 Å². The molecule has 0 aliphatic rings. The van der Waals surface area contributed by atoms with Crippen molar-refractivity contribution >= 4 is 39.9 Å². The van der Waals surface area contributed by atoms with Crippen molar-refractivity contribution in [2.24, 2.45) is 0 Å². The molecule has 1 aromatic carbocycles. The first-order valence-electron chi connectivity index (χ1n) is 5.14. The number of nitrogens with two attached hydrogens (primary N) is 1. The molecular formula is C11H8ClFN4S. The van der Waals surface area contributed by atoms with Crippen LogP contribution in [-0.4, -0.2) is 14.5 Å². The molecule has 0 atom stereocenters. The van der Waals surface area contributed by atoms with Gasteiger partial charge in [-0.15, -0.1) is 11.3 Å². The van der Waals surface area contributed by atoms with E-state index in [0.29, 0.717) is 23.5 Å². The van der Waals surface area contributed by atoms with Crippen LogP contribution in [0.25, 0.3) is 11.0 Å². The number of nitrogens with zero attached hydrogens (tertiary/aromatic N) is 3. The maximum Gasteiger partial charge on any atom is 0.201 e. The zero-order valence-corrected chi connectivity index (χ0v) is 10.7. The normalized spacial score (nSPS) is 11.2. The molecule has 0 fully saturated rings. The number of aromatic nitrogens is 3. The second-order valence-electron chi connectivity index (χ2n) is 3.74. The lowest BCUT2D eigenvalue weighted by molar-refractivity contribution is 0.629. The third kappa shape index (κ3) is 1.83. The average molecular weight is 283 g/mol. The van der Waals surface area contributed by atoms with E-state index in [9.17, 15) is 4.39 Å². The third-order valence-electron chi connectivity index (χ3n) is 2.60. The SMILES string of the molecule is Nc1nc2cc(Cl)c(F)cc2n1Cc1nccs1. The number of benzene rings is 1. The van der Waals surface area contributed by atoms with Crippen LogP contribution in [-0.2, 0) is 6.54 Å². The van der Waals surface area contributed by atoms with E-state index in [0.717, 1.165) is 5.01 Å². The molecule has 4 nitrogen and oxygen atoms in total. The molecule has 7 heteroatoms. The summed E-state index contributed by atoms with van der Waals surface area (Å²) in [7, 11) is 0. The second-order valence-corrected chi connectivity index (χ2v) is 5.12. The molecule has 2 N–H and O–H groups in total. The zero-order valence-electron chi connectivity index (χ0n) is 9.10. The van der Waals surface area contributed by atoms with E-state index in [4.69, 9.17) is 17.3 Å². The second kappa shape index (κ2) is 4.22. The van der Waals surface area contributed by atoms with Crippen molar-refractivity contribution in [1.29, 1.82) is 0 Å². The number of hydrogen-bond donors (Lipinski definition) is 1. The Kier molecular flexibility index (Phi) is 2.68. The van der Waals surface area contributed by atoms with Crippen LogP contribution in [0.4, 0.5) is 10.3 Å². The number of fused-ring (bicyclic) bond motifs is 1. The van der Waals surface area contributed by atoms with Crippen molar-refractivity contribution in [3.05, 3.63) is 39.6 Å². The molecule has 0 unspecified atom stereocenters. The molecule has 0 aliphatic heterocycles. The molecule has 2 heterocycles. The minimum Gasteiger partial charge on any atom is -0.369 e. The lowest BCUT2D eigenvalue weighted by atomic mass is 10.3. The van der Waals surface area contributed by atoms with Gasteiger partial charge in [-0.1, -0.05) is 11.6 Å². The summed E-state index contributed by atoms with van der Waals surface area (Å²) in [6, 6.07) is 2.82. The van der Waals surface area contributed by atoms with Crippen molar-refractivity contribution < 1.29 is 4.39 Å². The topological polar surface area (TPSA) is 56.7 Å². The number of hydrogen-bond acceptors (Lipinski definition) is 4. The molecular weight excluding hydrogens is 275 g/mol. The average Bonchev–Trinajstić information content (AvgIpc) is 2.92. The summed E-state index contributed by atoms with van der Waals surface area (Å²) in [4.78, 5) is 8.34. The number of rotatable bonds is 2. The maximum atomic E-state index is 13.5. The number of halogens is 2. The Morgan fingerprint density at radius 1 is 1.44 bits per heavy atom. The standard InChI is InChI=1S/C11H8ClFN4S/c12-6-3-8-9(4-7(6)13)17(11(14)16-8)5-10-15-1-2-18-10/h1-4H,5H2,(H2,14,16). The third-order valence-corrected chi connectivity index (χ3v) is 3.65. The van der Waals surface area contributed by atoms with E-state index in [2.05, 4.69) is 9.97 Å². The fourth-order valence-electron chi connectivity index (χ4n) is 1.77. The summed E-state index contributed by atoms with van der Waals surface area (Å²) in [5.74, 6) is -0.161. The van der Waals surface area contributed by atoms with Crippen LogP contribution in [0.1, 0.15) is 5.01 Å². The highest BCUT2D eigenvalue weighted by atomic mass is 35.5. The van der Waals surface area contributed by atoms with Gasteiger partial charge < -0.3 is 10.3 Å². The van der Waals surface area contributed by atoms with Crippen molar-refractivity contribution in [1.82, 2.24) is 14.5 Å². The highest BCUT2D eigenvalue weighted by molar-refractivity contribution is 7.09. The first-order valence-corrected chi connectivity index (χ1v) is 6.40. The molecule has 0 saturated heterocycles. The molecule has 0 saturated carbocycles. The lowest BCUT2D eigenvalue weighted by Crippen LogP contribution is -2.04. The van der Waals surface area contributed by atoms with Crippen LogP contribution in [0, 0.1) is 5.82 Å². The van der Waals surface area contributed by atoms with Gasteiger partial charge in [-0.25, -0.2) is 14.4 Å². The zero-order chi connectivity index (χ0) is 12.7. The Bertz CT molecular complexity index is 707. The summed E-state index contributed by atoms with van der Waals surface area (Å²) in [6.07, 6.45) is 1.72. The highest BCUT2D eigenvalue weighted by Crippen LogP contribution is 2.25. The Labute approximate surface area is 111 Å². The molecule has 0 aliphatic carbocycles. The van der Waals surface area contributed by atoms with Gasteiger partial charge in [0.1, 0.15) is 10.8 Å². The van der Waals surface area contributed by atoms with E-state index in [-0.39, 0.29) is 5.02 Å². The lowest BCUT2D eigenvalue weighted by Gasteiger charge is -2.03. The molecule has 3 rings (SSSR count). The summed E-state index contributed by atoms with van der Waals surface area (Å²) in [5.41, 5.74) is 7.03. The quantitative estimate of drug-likeness (QED) is 0.786. The van der Waals surface area contributed by atoms with E-state index in [1.165, 1.54) is 23.5 Å². The Hall–Kier alpha value is -1.66. The van der Waals surface area contributed by atoms with Crippen molar-refractivity contribution in [2.45, 2.75) is 6.54 Å². The van der Waals surface area contributed by atoms with Crippen LogP contribution < -0.4 is 5.73 Å². The maximum absolute atomic E-state index is 13.5. The van der Waals surface area contributed by atoms with Crippen LogP contribution in [0.2, 0.25) is 5.02 Å². The molecule has 18 heavy (non-hydrogen) atoms. The van der Waals surface area contributed by atoms with E-state index in [1.54, 1.807) is 10.8 Å². The Morgan fingerprint density at radius 3 is 3.00 bits per heavy atom. The van der Waals surface area contributed by atoms with Crippen LogP contribution >= 0.6 is 22.9 Å². The Morgan fingerprint density at radius 2 is 2.28 bits per heavy atom. The van der Waals surface area contributed by atoms with Crippen LogP contribution in [0.3, 0.4) is 0 Å². The molecule has 0 bridgehead atoms. The van der Waals surface area contributed by atoms with Gasteiger partial charge in [0, 0.05) is 17.6 Å². The molecule has 0 amide bonds. The van der Waals surface area contributed by atoms with Crippen LogP contribution in [0.5, 0.6) is 0 Å². The minimum absolute atomic E-state index is 0.0430. The Balaban J connectivity index is 2.16. The van der Waals surface area contributed by atoms with Gasteiger partial charge in [0.05, 0.1) is 22.6 Å². The summed E-state index contributed by atoms with van der Waals surface area (Å²) >= 11 is 7.23. The van der Waals surface area contributed by atoms with E-state index in [1.807, 2.05) is 5.38 Å².